The van der Waals surface area contributed by atoms with E-state index in [9.17, 15) is 14.9 Å². The van der Waals surface area contributed by atoms with Crippen molar-refractivity contribution in [3.05, 3.63) is 58.1 Å². The summed E-state index contributed by atoms with van der Waals surface area (Å²) in [6.07, 6.45) is 0. The maximum Gasteiger partial charge on any atom is 0.335 e. The molecule has 2 aromatic carbocycles. The van der Waals surface area contributed by atoms with E-state index in [1.54, 1.807) is 0 Å². The minimum atomic E-state index is -1.04. The quantitative estimate of drug-likeness (QED) is 0.585. The molecule has 7 heteroatoms. The molecule has 0 aliphatic heterocycles. The molecule has 0 bridgehead atoms. The lowest BCUT2D eigenvalue weighted by molar-refractivity contribution is -0.384. The van der Waals surface area contributed by atoms with Crippen molar-refractivity contribution in [3.63, 3.8) is 0 Å². The van der Waals surface area contributed by atoms with E-state index in [1.165, 1.54) is 42.5 Å². The summed E-state index contributed by atoms with van der Waals surface area (Å²) in [6.45, 7) is 0. The number of carboxylic acids is 1. The van der Waals surface area contributed by atoms with Crippen molar-refractivity contribution in [2.45, 2.75) is 0 Å². The standard InChI is InChI=1S/C14H8N2O5/c17-14(18)9-3-6-12-11(7-9)15-13(21-12)8-1-4-10(5-2-8)16(19)20/h1-7H,(H,17,18). The van der Waals surface area contributed by atoms with Crippen LogP contribution < -0.4 is 0 Å². The summed E-state index contributed by atoms with van der Waals surface area (Å²) >= 11 is 0. The minimum absolute atomic E-state index is 0.0250. The molecular weight excluding hydrogens is 276 g/mol. The second-order valence-corrected chi connectivity index (χ2v) is 4.31. The molecule has 104 valence electrons. The molecule has 1 N–H and O–H groups in total. The van der Waals surface area contributed by atoms with Crippen LogP contribution in [0.1, 0.15) is 10.4 Å². The number of hydrogen-bond acceptors (Lipinski definition) is 5. The highest BCUT2D eigenvalue weighted by molar-refractivity contribution is 5.92. The minimum Gasteiger partial charge on any atom is -0.478 e. The van der Waals surface area contributed by atoms with Gasteiger partial charge in [-0.1, -0.05) is 0 Å². The van der Waals surface area contributed by atoms with Crippen LogP contribution in [0, 0.1) is 10.1 Å². The Kier molecular flexibility index (Phi) is 2.87. The SMILES string of the molecule is O=C(O)c1ccc2oc(-c3ccc([N+](=O)[O-])cc3)nc2c1. The molecule has 0 amide bonds. The van der Waals surface area contributed by atoms with Crippen molar-refractivity contribution >= 4 is 22.8 Å². The summed E-state index contributed by atoms with van der Waals surface area (Å²) in [7, 11) is 0. The van der Waals surface area contributed by atoms with Gasteiger partial charge in [0.2, 0.25) is 5.89 Å². The number of rotatable bonds is 3. The van der Waals surface area contributed by atoms with Crippen LogP contribution in [0.4, 0.5) is 5.69 Å². The molecule has 0 spiro atoms. The van der Waals surface area contributed by atoms with E-state index in [2.05, 4.69) is 4.98 Å². The summed E-state index contributed by atoms with van der Waals surface area (Å²) in [4.78, 5) is 25.2. The molecule has 3 rings (SSSR count). The van der Waals surface area contributed by atoms with Crippen molar-refractivity contribution < 1.29 is 19.2 Å². The average Bonchev–Trinajstić information content (AvgIpc) is 2.90. The van der Waals surface area contributed by atoms with Gasteiger partial charge in [0.15, 0.2) is 5.58 Å². The third-order valence-corrected chi connectivity index (χ3v) is 2.96. The third-order valence-electron chi connectivity index (χ3n) is 2.96. The van der Waals surface area contributed by atoms with Crippen LogP contribution in [-0.4, -0.2) is 21.0 Å². The monoisotopic (exact) mass is 284 g/mol. The fourth-order valence-electron chi connectivity index (χ4n) is 1.91. The predicted molar refractivity (Wildman–Crippen MR) is 73.1 cm³/mol. The van der Waals surface area contributed by atoms with Gasteiger partial charge in [-0.3, -0.25) is 10.1 Å². The van der Waals surface area contributed by atoms with Crippen molar-refractivity contribution in [3.8, 4) is 11.5 Å². The zero-order chi connectivity index (χ0) is 15.0. The van der Waals surface area contributed by atoms with Crippen LogP contribution in [0.3, 0.4) is 0 Å². The summed E-state index contributed by atoms with van der Waals surface area (Å²) in [5.41, 5.74) is 1.54. The van der Waals surface area contributed by atoms with Crippen LogP contribution >= 0.6 is 0 Å². The van der Waals surface area contributed by atoms with E-state index < -0.39 is 10.9 Å². The van der Waals surface area contributed by atoms with Gasteiger partial charge in [0.05, 0.1) is 10.5 Å². The van der Waals surface area contributed by atoms with Crippen LogP contribution in [-0.2, 0) is 0 Å². The molecule has 21 heavy (non-hydrogen) atoms. The number of aromatic nitrogens is 1. The van der Waals surface area contributed by atoms with E-state index in [-0.39, 0.29) is 17.1 Å². The fraction of sp³-hybridized carbons (Fsp3) is 0. The lowest BCUT2D eigenvalue weighted by Crippen LogP contribution is -1.94. The van der Waals surface area contributed by atoms with Gasteiger partial charge in [0.25, 0.3) is 5.69 Å². The van der Waals surface area contributed by atoms with E-state index in [0.717, 1.165) is 0 Å². The zero-order valence-corrected chi connectivity index (χ0v) is 10.5. The molecule has 0 fully saturated rings. The molecule has 7 nitrogen and oxygen atoms in total. The summed E-state index contributed by atoms with van der Waals surface area (Å²) in [5, 5.41) is 19.5. The van der Waals surface area contributed by atoms with Gasteiger partial charge in [-0.05, 0) is 30.3 Å². The van der Waals surface area contributed by atoms with Gasteiger partial charge in [0, 0.05) is 17.7 Å². The van der Waals surface area contributed by atoms with E-state index in [0.29, 0.717) is 16.7 Å². The van der Waals surface area contributed by atoms with Crippen LogP contribution in [0.2, 0.25) is 0 Å². The number of fused-ring (bicyclic) bond motifs is 1. The first kappa shape index (κ1) is 12.8. The molecule has 0 aliphatic rings. The predicted octanol–water partition coefficient (Wildman–Crippen LogP) is 3.10. The number of aromatic carboxylic acids is 1. The lowest BCUT2D eigenvalue weighted by atomic mass is 10.2. The maximum absolute atomic E-state index is 10.9. The molecule has 0 saturated heterocycles. The molecule has 0 atom stereocenters. The number of nitro groups is 1. The highest BCUT2D eigenvalue weighted by Gasteiger charge is 2.12. The lowest BCUT2D eigenvalue weighted by Gasteiger charge is -1.94. The number of carbonyl (C=O) groups is 1. The van der Waals surface area contributed by atoms with Crippen molar-refractivity contribution in [1.82, 2.24) is 4.98 Å². The number of carboxylic acid groups (broad SMARTS) is 1. The second kappa shape index (κ2) is 4.71. The van der Waals surface area contributed by atoms with Crippen molar-refractivity contribution in [2.75, 3.05) is 0 Å². The van der Waals surface area contributed by atoms with Gasteiger partial charge in [-0.15, -0.1) is 0 Å². The molecule has 1 aromatic heterocycles. The Labute approximate surface area is 117 Å². The molecule has 0 aliphatic carbocycles. The second-order valence-electron chi connectivity index (χ2n) is 4.31. The Morgan fingerprint density at radius 1 is 1.19 bits per heavy atom. The van der Waals surface area contributed by atoms with Gasteiger partial charge < -0.3 is 9.52 Å². The van der Waals surface area contributed by atoms with Crippen molar-refractivity contribution in [2.24, 2.45) is 0 Å². The molecule has 0 saturated carbocycles. The maximum atomic E-state index is 10.9. The van der Waals surface area contributed by atoms with Crippen LogP contribution in [0.15, 0.2) is 46.9 Å². The summed E-state index contributed by atoms with van der Waals surface area (Å²) < 4.78 is 5.52. The summed E-state index contributed by atoms with van der Waals surface area (Å²) in [5.74, 6) is -0.765. The normalized spacial score (nSPS) is 10.7. The number of oxazole rings is 1. The van der Waals surface area contributed by atoms with Crippen LogP contribution in [0.5, 0.6) is 0 Å². The highest BCUT2D eigenvalue weighted by Crippen LogP contribution is 2.26. The Balaban J connectivity index is 2.04. The average molecular weight is 284 g/mol. The van der Waals surface area contributed by atoms with Gasteiger partial charge in [-0.25, -0.2) is 9.78 Å². The molecular formula is C14H8N2O5. The zero-order valence-electron chi connectivity index (χ0n) is 10.5. The first-order valence-corrected chi connectivity index (χ1v) is 5.93. The first-order valence-electron chi connectivity index (χ1n) is 5.93. The number of hydrogen-bond donors (Lipinski definition) is 1. The smallest absolute Gasteiger partial charge is 0.335 e. The Hall–Kier alpha value is -3.22. The van der Waals surface area contributed by atoms with E-state index in [1.807, 2.05) is 0 Å². The Morgan fingerprint density at radius 2 is 1.90 bits per heavy atom. The molecule has 0 radical (unpaired) electrons. The van der Waals surface area contributed by atoms with Crippen LogP contribution in [0.25, 0.3) is 22.6 Å². The van der Waals surface area contributed by atoms with Crippen molar-refractivity contribution in [1.29, 1.82) is 0 Å². The number of non-ortho nitro benzene ring substituents is 1. The van der Waals surface area contributed by atoms with Gasteiger partial charge >= 0.3 is 5.97 Å². The molecule has 1 heterocycles. The first-order chi connectivity index (χ1) is 10.0. The number of benzene rings is 2. The van der Waals surface area contributed by atoms with Gasteiger partial charge in [0.1, 0.15) is 5.52 Å². The largest absolute Gasteiger partial charge is 0.478 e. The third kappa shape index (κ3) is 2.32. The molecule has 0 unspecified atom stereocenters. The van der Waals surface area contributed by atoms with E-state index >= 15 is 0 Å². The number of nitrogens with zero attached hydrogens (tertiary/aromatic N) is 2. The fourth-order valence-corrected chi connectivity index (χ4v) is 1.91. The Bertz CT molecular complexity index is 851. The Morgan fingerprint density at radius 3 is 2.52 bits per heavy atom. The van der Waals surface area contributed by atoms with Gasteiger partial charge in [-0.2, -0.15) is 0 Å². The number of nitro benzene ring substituents is 1. The highest BCUT2D eigenvalue weighted by atomic mass is 16.6. The summed E-state index contributed by atoms with van der Waals surface area (Å²) in [6, 6.07) is 10.1. The molecule has 3 aromatic rings. The van der Waals surface area contributed by atoms with E-state index in [4.69, 9.17) is 9.52 Å². The topological polar surface area (TPSA) is 106 Å².